The lowest BCUT2D eigenvalue weighted by Crippen LogP contribution is -2.38. The van der Waals surface area contributed by atoms with Crippen LogP contribution in [0, 0.1) is 29.1 Å². The van der Waals surface area contributed by atoms with Gasteiger partial charge in [-0.15, -0.1) is 0 Å². The fourth-order valence-electron chi connectivity index (χ4n) is 8.02. The van der Waals surface area contributed by atoms with E-state index in [2.05, 4.69) is 32.6 Å². The third-order valence-electron chi connectivity index (χ3n) is 10.2. The van der Waals surface area contributed by atoms with E-state index in [1.165, 1.54) is 32.1 Å². The van der Waals surface area contributed by atoms with E-state index in [1.807, 2.05) is 13.8 Å². The van der Waals surface area contributed by atoms with Crippen molar-refractivity contribution in [2.24, 2.45) is 29.1 Å². The average molecular weight is 517 g/mol. The van der Waals surface area contributed by atoms with Gasteiger partial charge in [-0.25, -0.2) is 0 Å². The summed E-state index contributed by atoms with van der Waals surface area (Å²) in [5.74, 6) is 1.90. The van der Waals surface area contributed by atoms with Crippen LogP contribution in [-0.4, -0.2) is 44.8 Å². The van der Waals surface area contributed by atoms with Crippen LogP contribution in [0.15, 0.2) is 35.5 Å². The summed E-state index contributed by atoms with van der Waals surface area (Å²) < 4.78 is 0. The van der Waals surface area contributed by atoms with Gasteiger partial charge >= 0.3 is 0 Å². The molecule has 0 aromatic rings. The minimum Gasteiger partial charge on any atom is -0.396 e. The Labute approximate surface area is 227 Å². The molecule has 0 aliphatic heterocycles. The van der Waals surface area contributed by atoms with Crippen LogP contribution in [0.4, 0.5) is 0 Å². The van der Waals surface area contributed by atoms with Crippen LogP contribution < -0.4 is 0 Å². The fraction of sp³-hybridized carbons (Fsp3) is 0.818. The number of hydrogen-bond donors (Lipinski definition) is 4. The fourth-order valence-corrected chi connectivity index (χ4v) is 8.02. The minimum atomic E-state index is -0.677. The minimum absolute atomic E-state index is 0.141. The molecule has 0 heterocycles. The Morgan fingerprint density at radius 1 is 1.08 bits per heavy atom. The molecule has 3 saturated carbocycles. The first-order valence-electron chi connectivity index (χ1n) is 15.3. The van der Waals surface area contributed by atoms with Crippen molar-refractivity contribution in [2.45, 2.75) is 135 Å². The molecule has 0 saturated heterocycles. The van der Waals surface area contributed by atoms with E-state index in [-0.39, 0.29) is 12.5 Å². The lowest BCUT2D eigenvalue weighted by Gasteiger charge is -2.44. The largest absolute Gasteiger partial charge is 0.396 e. The first-order chi connectivity index (χ1) is 17.5. The van der Waals surface area contributed by atoms with Gasteiger partial charge in [0, 0.05) is 12.5 Å². The molecule has 0 aromatic heterocycles. The molecule has 0 spiro atoms. The Balaban J connectivity index is 1.63. The molecule has 0 radical (unpaired) electrons. The van der Waals surface area contributed by atoms with Crippen molar-refractivity contribution in [3.05, 3.63) is 35.5 Å². The maximum Gasteiger partial charge on any atom is 0.0839 e. The topological polar surface area (TPSA) is 80.9 Å². The third kappa shape index (κ3) is 7.81. The van der Waals surface area contributed by atoms with Crippen LogP contribution in [-0.2, 0) is 0 Å². The predicted octanol–water partition coefficient (Wildman–Crippen LogP) is 6.87. The first kappa shape index (κ1) is 30.6. The second kappa shape index (κ2) is 13.4. The Morgan fingerprint density at radius 3 is 2.51 bits per heavy atom. The van der Waals surface area contributed by atoms with E-state index >= 15 is 0 Å². The number of rotatable bonds is 12. The number of aliphatic hydroxyl groups excluding tert-OH is 3. The molecule has 37 heavy (non-hydrogen) atoms. The SMILES string of the molecule is C=C1/C(=C\C=C2/CCC[C@]3(C)[C@@H]([C@H](C)CCCC(C)(C)O)CC[C@@H]23)C[C@@H](O)[C@@H](CCCCCCO)[C@@H]1O. The van der Waals surface area contributed by atoms with Crippen molar-refractivity contribution in [1.29, 1.82) is 0 Å². The zero-order valence-corrected chi connectivity index (χ0v) is 24.2. The quantitative estimate of drug-likeness (QED) is 0.213. The highest BCUT2D eigenvalue weighted by molar-refractivity contribution is 5.39. The van der Waals surface area contributed by atoms with Gasteiger partial charge in [0.2, 0.25) is 0 Å². The molecule has 0 unspecified atom stereocenters. The van der Waals surface area contributed by atoms with Crippen LogP contribution in [0.2, 0.25) is 0 Å². The molecule has 3 aliphatic carbocycles. The van der Waals surface area contributed by atoms with Crippen LogP contribution in [0.3, 0.4) is 0 Å². The molecule has 0 bridgehead atoms. The van der Waals surface area contributed by atoms with Crippen molar-refractivity contribution in [3.63, 3.8) is 0 Å². The summed E-state index contributed by atoms with van der Waals surface area (Å²) in [7, 11) is 0. The van der Waals surface area contributed by atoms with Gasteiger partial charge in [0.15, 0.2) is 0 Å². The Morgan fingerprint density at radius 2 is 1.81 bits per heavy atom. The van der Waals surface area contributed by atoms with Crippen molar-refractivity contribution in [2.75, 3.05) is 6.61 Å². The lowest BCUT2D eigenvalue weighted by atomic mass is 9.60. The predicted molar refractivity (Wildman–Crippen MR) is 153 cm³/mol. The van der Waals surface area contributed by atoms with Crippen LogP contribution in [0.5, 0.6) is 0 Å². The van der Waals surface area contributed by atoms with Gasteiger partial charge in [0.25, 0.3) is 0 Å². The average Bonchev–Trinajstić information content (AvgIpc) is 3.19. The molecule has 4 N–H and O–H groups in total. The Kier molecular flexibility index (Phi) is 11.1. The van der Waals surface area contributed by atoms with E-state index < -0.39 is 17.8 Å². The summed E-state index contributed by atoms with van der Waals surface area (Å²) in [5.41, 5.74) is 3.12. The number of unbranched alkanes of at least 4 members (excludes halogenated alkanes) is 3. The normalized spacial score (nSPS) is 35.8. The van der Waals surface area contributed by atoms with Crippen molar-refractivity contribution in [1.82, 2.24) is 0 Å². The molecule has 3 rings (SSSR count). The highest BCUT2D eigenvalue weighted by Crippen LogP contribution is 2.60. The standard InChI is InChI=1S/C33H56O4/c1-23(12-10-19-32(3,4)37)28-17-18-29-25(13-11-20-33(28,29)5)15-16-26-22-30(35)27(31(36)24(26)2)14-8-6-7-9-21-34/h15-16,23,27-31,34-37H,2,6-14,17-22H2,1,3-5H3/b25-15+,26-16-/t23-,27-,28-,29+,30-,31-,33-/m1/s1. The van der Waals surface area contributed by atoms with Gasteiger partial charge in [0.1, 0.15) is 0 Å². The summed E-state index contributed by atoms with van der Waals surface area (Å²) in [4.78, 5) is 0. The zero-order chi connectivity index (χ0) is 27.2. The van der Waals surface area contributed by atoms with E-state index in [1.54, 1.807) is 5.57 Å². The smallest absolute Gasteiger partial charge is 0.0839 e. The van der Waals surface area contributed by atoms with E-state index in [0.29, 0.717) is 23.7 Å². The zero-order valence-electron chi connectivity index (χ0n) is 24.2. The molecule has 4 nitrogen and oxygen atoms in total. The molecule has 7 atom stereocenters. The van der Waals surface area contributed by atoms with E-state index in [0.717, 1.165) is 68.4 Å². The van der Waals surface area contributed by atoms with Crippen molar-refractivity contribution >= 4 is 0 Å². The van der Waals surface area contributed by atoms with Gasteiger partial charge in [-0.1, -0.05) is 70.3 Å². The van der Waals surface area contributed by atoms with Gasteiger partial charge in [-0.2, -0.15) is 0 Å². The second-order valence-electron chi connectivity index (χ2n) is 13.5. The number of aliphatic hydroxyl groups is 4. The van der Waals surface area contributed by atoms with Crippen molar-refractivity contribution in [3.8, 4) is 0 Å². The number of fused-ring (bicyclic) bond motifs is 1. The lowest BCUT2D eigenvalue weighted by molar-refractivity contribution is 0.0128. The maximum atomic E-state index is 10.9. The van der Waals surface area contributed by atoms with Crippen LogP contribution in [0.25, 0.3) is 0 Å². The van der Waals surface area contributed by atoms with Crippen LogP contribution >= 0.6 is 0 Å². The van der Waals surface area contributed by atoms with Gasteiger partial charge < -0.3 is 20.4 Å². The molecule has 212 valence electrons. The third-order valence-corrected chi connectivity index (χ3v) is 10.2. The molecule has 0 aromatic carbocycles. The summed E-state index contributed by atoms with van der Waals surface area (Å²) >= 11 is 0. The molecule has 3 aliphatic rings. The van der Waals surface area contributed by atoms with Gasteiger partial charge in [0.05, 0.1) is 17.8 Å². The first-order valence-corrected chi connectivity index (χ1v) is 15.3. The summed E-state index contributed by atoms with van der Waals surface area (Å²) in [6.07, 6.45) is 17.9. The van der Waals surface area contributed by atoms with Crippen molar-refractivity contribution < 1.29 is 20.4 Å². The highest BCUT2D eigenvalue weighted by atomic mass is 16.3. The molecule has 3 fully saturated rings. The summed E-state index contributed by atoms with van der Waals surface area (Å²) in [6.45, 7) is 13.3. The molecule has 0 amide bonds. The Bertz CT molecular complexity index is 806. The van der Waals surface area contributed by atoms with E-state index in [9.17, 15) is 15.3 Å². The van der Waals surface area contributed by atoms with Gasteiger partial charge in [-0.3, -0.25) is 0 Å². The summed E-state index contributed by atoms with van der Waals surface area (Å²) in [5, 5.41) is 40.9. The Hall–Kier alpha value is -0.940. The molecule has 4 heteroatoms. The van der Waals surface area contributed by atoms with Crippen LogP contribution in [0.1, 0.15) is 118 Å². The monoisotopic (exact) mass is 516 g/mol. The number of hydrogen-bond acceptors (Lipinski definition) is 4. The second-order valence-corrected chi connectivity index (χ2v) is 13.5. The summed E-state index contributed by atoms with van der Waals surface area (Å²) in [6, 6.07) is 0. The molecular formula is C33H56O4. The van der Waals surface area contributed by atoms with Gasteiger partial charge in [-0.05, 0) is 106 Å². The van der Waals surface area contributed by atoms with E-state index in [4.69, 9.17) is 5.11 Å². The molecular weight excluding hydrogens is 460 g/mol. The highest BCUT2D eigenvalue weighted by Gasteiger charge is 2.50. The number of allylic oxidation sites excluding steroid dienone is 3. The maximum absolute atomic E-state index is 10.9.